The van der Waals surface area contributed by atoms with E-state index in [9.17, 15) is 31.6 Å². The van der Waals surface area contributed by atoms with Crippen molar-refractivity contribution in [1.82, 2.24) is 0 Å². The number of anilines is 2. The first-order valence-corrected chi connectivity index (χ1v) is 10.8. The van der Waals surface area contributed by atoms with Gasteiger partial charge in [-0.3, -0.25) is 9.10 Å². The first-order chi connectivity index (χ1) is 14.9. The molecule has 0 aliphatic rings. The fourth-order valence-electron chi connectivity index (χ4n) is 2.85. The largest absolute Gasteiger partial charge is 0.465 e. The first kappa shape index (κ1) is 24.7. The molecule has 0 radical (unpaired) electrons. The van der Waals surface area contributed by atoms with Crippen LogP contribution in [0.2, 0.25) is 0 Å². The van der Waals surface area contributed by atoms with E-state index in [1.165, 1.54) is 19.1 Å². The molecule has 2 rings (SSSR count). The van der Waals surface area contributed by atoms with Gasteiger partial charge >= 0.3 is 11.9 Å². The van der Waals surface area contributed by atoms with Crippen molar-refractivity contribution in [3.05, 3.63) is 59.2 Å². The molecule has 32 heavy (non-hydrogen) atoms. The average molecular weight is 470 g/mol. The molecular formula is C20H20F2N2O7S. The molecule has 9 nitrogen and oxygen atoms in total. The summed E-state index contributed by atoms with van der Waals surface area (Å²) in [4.78, 5) is 36.7. The molecular weight excluding hydrogens is 450 g/mol. The van der Waals surface area contributed by atoms with E-state index in [1.54, 1.807) is 0 Å². The summed E-state index contributed by atoms with van der Waals surface area (Å²) in [6, 6.07) is 4.57. The lowest BCUT2D eigenvalue weighted by Crippen LogP contribution is -2.45. The fraction of sp³-hybridized carbons (Fsp3) is 0.250. The molecule has 0 heterocycles. The second kappa shape index (κ2) is 9.73. The zero-order valence-corrected chi connectivity index (χ0v) is 18.3. The average Bonchev–Trinajstić information content (AvgIpc) is 2.74. The number of halogens is 2. The number of rotatable bonds is 7. The normalized spacial score (nSPS) is 11.9. The van der Waals surface area contributed by atoms with Crippen molar-refractivity contribution in [1.29, 1.82) is 0 Å². The third kappa shape index (κ3) is 5.38. The van der Waals surface area contributed by atoms with Gasteiger partial charge in [-0.05, 0) is 37.3 Å². The Morgan fingerprint density at radius 3 is 2.12 bits per heavy atom. The van der Waals surface area contributed by atoms with Gasteiger partial charge in [0, 0.05) is 6.07 Å². The molecule has 12 heteroatoms. The van der Waals surface area contributed by atoms with E-state index in [-0.39, 0.29) is 22.5 Å². The number of esters is 2. The zero-order valence-electron chi connectivity index (χ0n) is 17.5. The van der Waals surface area contributed by atoms with E-state index in [2.05, 4.69) is 14.8 Å². The Labute approximate surface area is 183 Å². The molecule has 2 aromatic rings. The van der Waals surface area contributed by atoms with Crippen molar-refractivity contribution < 1.29 is 41.1 Å². The van der Waals surface area contributed by atoms with Crippen LogP contribution < -0.4 is 9.62 Å². The maximum atomic E-state index is 13.7. The number of nitrogens with one attached hydrogen (secondary N) is 1. The molecule has 0 saturated carbocycles. The molecule has 0 aliphatic heterocycles. The maximum absolute atomic E-state index is 13.7. The van der Waals surface area contributed by atoms with Gasteiger partial charge in [0.2, 0.25) is 15.9 Å². The Hall–Kier alpha value is -3.54. The summed E-state index contributed by atoms with van der Waals surface area (Å²) >= 11 is 0. The van der Waals surface area contributed by atoms with Gasteiger partial charge in [-0.1, -0.05) is 0 Å². The van der Waals surface area contributed by atoms with Crippen LogP contribution in [0.4, 0.5) is 20.2 Å². The number of benzene rings is 2. The second-order valence-electron chi connectivity index (χ2n) is 6.57. The number of hydrogen-bond acceptors (Lipinski definition) is 7. The molecule has 0 bridgehead atoms. The number of nitrogens with zero attached hydrogens (tertiary/aromatic N) is 1. The van der Waals surface area contributed by atoms with E-state index < -0.39 is 45.5 Å². The molecule has 172 valence electrons. The Morgan fingerprint density at radius 1 is 0.969 bits per heavy atom. The predicted molar refractivity (Wildman–Crippen MR) is 111 cm³/mol. The third-order valence-electron chi connectivity index (χ3n) is 4.35. The summed E-state index contributed by atoms with van der Waals surface area (Å²) in [6.45, 7) is 1.21. The fourth-order valence-corrected chi connectivity index (χ4v) is 4.02. The molecule has 0 saturated heterocycles. The van der Waals surface area contributed by atoms with Crippen LogP contribution >= 0.6 is 0 Å². The second-order valence-corrected chi connectivity index (χ2v) is 8.43. The lowest BCUT2D eigenvalue weighted by Gasteiger charge is -2.28. The monoisotopic (exact) mass is 470 g/mol. The van der Waals surface area contributed by atoms with Gasteiger partial charge in [-0.25, -0.2) is 26.8 Å². The van der Waals surface area contributed by atoms with Crippen LogP contribution in [0.1, 0.15) is 27.6 Å². The topological polar surface area (TPSA) is 119 Å². The van der Waals surface area contributed by atoms with E-state index in [0.29, 0.717) is 10.4 Å². The van der Waals surface area contributed by atoms with Crippen LogP contribution in [-0.4, -0.2) is 52.8 Å². The van der Waals surface area contributed by atoms with Gasteiger partial charge < -0.3 is 14.8 Å². The van der Waals surface area contributed by atoms with Crippen LogP contribution in [0.3, 0.4) is 0 Å². The highest BCUT2D eigenvalue weighted by molar-refractivity contribution is 7.92. The van der Waals surface area contributed by atoms with Crippen molar-refractivity contribution in [2.24, 2.45) is 0 Å². The highest BCUT2D eigenvalue weighted by Gasteiger charge is 2.31. The van der Waals surface area contributed by atoms with Crippen molar-refractivity contribution in [2.45, 2.75) is 13.0 Å². The van der Waals surface area contributed by atoms with E-state index in [1.807, 2.05) is 0 Å². The summed E-state index contributed by atoms with van der Waals surface area (Å²) < 4.78 is 61.5. The number of hydrogen-bond donors (Lipinski definition) is 1. The molecule has 1 N–H and O–H groups in total. The minimum Gasteiger partial charge on any atom is -0.465 e. The third-order valence-corrected chi connectivity index (χ3v) is 5.59. The Balaban J connectivity index is 2.47. The van der Waals surface area contributed by atoms with Gasteiger partial charge in [0.15, 0.2) is 11.6 Å². The number of carbonyl (C=O) groups is 3. The number of sulfonamides is 1. The highest BCUT2D eigenvalue weighted by Crippen LogP contribution is 2.25. The minimum absolute atomic E-state index is 0.00341. The van der Waals surface area contributed by atoms with Gasteiger partial charge in [-0.15, -0.1) is 0 Å². The lowest BCUT2D eigenvalue weighted by atomic mass is 10.1. The van der Waals surface area contributed by atoms with Crippen molar-refractivity contribution in [3.63, 3.8) is 0 Å². The maximum Gasteiger partial charge on any atom is 0.339 e. The summed E-state index contributed by atoms with van der Waals surface area (Å²) in [5.74, 6) is -4.99. The molecule has 0 aromatic heterocycles. The molecule has 2 aromatic carbocycles. The number of ether oxygens (including phenoxy) is 2. The number of carbonyl (C=O) groups excluding carboxylic acids is 3. The van der Waals surface area contributed by atoms with Gasteiger partial charge in [0.05, 0.1) is 43.0 Å². The van der Waals surface area contributed by atoms with Crippen molar-refractivity contribution in [2.75, 3.05) is 30.1 Å². The van der Waals surface area contributed by atoms with Crippen LogP contribution in [0.15, 0.2) is 36.4 Å². The Morgan fingerprint density at radius 2 is 1.59 bits per heavy atom. The molecule has 0 unspecified atom stereocenters. The van der Waals surface area contributed by atoms with Crippen LogP contribution in [0.25, 0.3) is 0 Å². The van der Waals surface area contributed by atoms with Crippen LogP contribution in [-0.2, 0) is 24.3 Å². The van der Waals surface area contributed by atoms with E-state index in [0.717, 1.165) is 38.7 Å². The first-order valence-electron chi connectivity index (χ1n) is 8.96. The van der Waals surface area contributed by atoms with Gasteiger partial charge in [-0.2, -0.15) is 0 Å². The summed E-state index contributed by atoms with van der Waals surface area (Å²) in [5, 5.41) is 2.37. The minimum atomic E-state index is -4.12. The smallest absolute Gasteiger partial charge is 0.339 e. The quantitative estimate of drug-likeness (QED) is 0.617. The van der Waals surface area contributed by atoms with Gasteiger partial charge in [0.25, 0.3) is 0 Å². The van der Waals surface area contributed by atoms with Crippen molar-refractivity contribution in [3.8, 4) is 0 Å². The zero-order chi connectivity index (χ0) is 24.2. The summed E-state index contributed by atoms with van der Waals surface area (Å²) in [6.07, 6.45) is 0.787. The van der Waals surface area contributed by atoms with E-state index >= 15 is 0 Å². The molecule has 0 fully saturated rings. The lowest BCUT2D eigenvalue weighted by molar-refractivity contribution is -0.116. The molecule has 0 spiro atoms. The van der Waals surface area contributed by atoms with E-state index in [4.69, 9.17) is 0 Å². The Bertz CT molecular complexity index is 1170. The molecule has 1 amide bonds. The number of methoxy groups -OCH3 is 2. The van der Waals surface area contributed by atoms with Crippen LogP contribution in [0.5, 0.6) is 0 Å². The standard InChI is InChI=1S/C20H20F2N2O7S/c1-11(24(32(4,28)29)13-6-8-15(21)16(22)10-13)18(25)23-17-9-12(19(26)30-2)5-7-14(17)20(27)31-3/h5-11H,1-4H3,(H,23,25)/t11-/m1/s1. The van der Waals surface area contributed by atoms with Crippen molar-refractivity contribution >= 4 is 39.2 Å². The Kier molecular flexibility index (Phi) is 7.52. The summed E-state index contributed by atoms with van der Waals surface area (Å²) in [5.41, 5.74) is -0.538. The highest BCUT2D eigenvalue weighted by atomic mass is 32.2. The SMILES string of the molecule is COC(=O)c1ccc(C(=O)OC)c(NC(=O)[C@@H](C)N(c2ccc(F)c(F)c2)S(C)(=O)=O)c1. The number of amides is 1. The van der Waals surface area contributed by atoms with Crippen LogP contribution in [0, 0.1) is 11.6 Å². The predicted octanol–water partition coefficient (Wildman–Crippen LogP) is 2.33. The molecule has 1 atom stereocenters. The molecule has 0 aliphatic carbocycles. The van der Waals surface area contributed by atoms with Gasteiger partial charge in [0.1, 0.15) is 6.04 Å². The summed E-state index contributed by atoms with van der Waals surface area (Å²) in [7, 11) is -1.87.